The number of carbonyl (C=O) groups is 1. The summed E-state index contributed by atoms with van der Waals surface area (Å²) in [7, 11) is 0. The van der Waals surface area contributed by atoms with E-state index in [2.05, 4.69) is 11.1 Å². The Hall–Kier alpha value is -2.29. The maximum Gasteiger partial charge on any atom is 0.263 e. The predicted molar refractivity (Wildman–Crippen MR) is 96.4 cm³/mol. The van der Waals surface area contributed by atoms with E-state index in [1.165, 1.54) is 0 Å². The van der Waals surface area contributed by atoms with Gasteiger partial charge in [0.2, 0.25) is 0 Å². The van der Waals surface area contributed by atoms with Gasteiger partial charge in [-0.3, -0.25) is 9.78 Å². The number of hydrogen-bond acceptors (Lipinski definition) is 4. The van der Waals surface area contributed by atoms with Crippen molar-refractivity contribution in [3.63, 3.8) is 0 Å². The topological polar surface area (TPSA) is 66.2 Å². The molecular formula is C18H17Cl2N3O2. The van der Waals surface area contributed by atoms with Crippen LogP contribution in [0.15, 0.2) is 42.6 Å². The Kier molecular flexibility index (Phi) is 7.05. The van der Waals surface area contributed by atoms with E-state index in [4.69, 9.17) is 33.2 Å². The molecule has 0 fully saturated rings. The molecule has 5 nitrogen and oxygen atoms in total. The highest BCUT2D eigenvalue weighted by Crippen LogP contribution is 2.32. The quantitative estimate of drug-likeness (QED) is 0.728. The molecule has 0 radical (unpaired) electrons. The van der Waals surface area contributed by atoms with Crippen molar-refractivity contribution in [2.75, 3.05) is 6.54 Å². The van der Waals surface area contributed by atoms with Gasteiger partial charge in [-0.2, -0.15) is 5.26 Å². The molecule has 1 unspecified atom stereocenters. The fourth-order valence-corrected chi connectivity index (χ4v) is 2.55. The second kappa shape index (κ2) is 9.26. The molecule has 0 aliphatic heterocycles. The Morgan fingerprint density at radius 3 is 2.80 bits per heavy atom. The molecule has 2 aromatic rings. The van der Waals surface area contributed by atoms with Gasteiger partial charge in [0.1, 0.15) is 10.8 Å². The van der Waals surface area contributed by atoms with Crippen LogP contribution in [0.5, 0.6) is 5.75 Å². The number of benzene rings is 1. The minimum absolute atomic E-state index is 0.225. The van der Waals surface area contributed by atoms with Crippen molar-refractivity contribution in [2.45, 2.75) is 26.0 Å². The molecule has 7 heteroatoms. The number of hydrogen-bond donors (Lipinski definition) is 0. The molecule has 2 rings (SSSR count). The Bertz CT molecular complexity index is 763. The van der Waals surface area contributed by atoms with Gasteiger partial charge in [-0.25, -0.2) is 0 Å². The molecule has 25 heavy (non-hydrogen) atoms. The summed E-state index contributed by atoms with van der Waals surface area (Å²) < 4.78 is 5.68. The lowest BCUT2D eigenvalue weighted by Gasteiger charge is -2.25. The normalized spacial score (nSPS) is 11.4. The summed E-state index contributed by atoms with van der Waals surface area (Å²) in [4.78, 5) is 18.5. The summed E-state index contributed by atoms with van der Waals surface area (Å²) in [6.45, 7) is 2.23. The van der Waals surface area contributed by atoms with Crippen molar-refractivity contribution in [1.29, 1.82) is 5.26 Å². The van der Waals surface area contributed by atoms with Crippen LogP contribution >= 0.6 is 23.2 Å². The SMILES string of the molecule is CC(Oc1cccc(Cl)c1Cl)C(=O)N(CCC#N)Cc1ccccn1. The highest BCUT2D eigenvalue weighted by molar-refractivity contribution is 6.42. The van der Waals surface area contributed by atoms with Crippen LogP contribution in [0.1, 0.15) is 19.0 Å². The van der Waals surface area contributed by atoms with Crippen LogP contribution in [-0.4, -0.2) is 28.4 Å². The molecule has 0 N–H and O–H groups in total. The molecule has 0 saturated heterocycles. The molecule has 0 spiro atoms. The molecule has 0 bridgehead atoms. The van der Waals surface area contributed by atoms with Gasteiger partial charge >= 0.3 is 0 Å². The van der Waals surface area contributed by atoms with Gasteiger partial charge < -0.3 is 9.64 Å². The van der Waals surface area contributed by atoms with Gasteiger partial charge in [0.15, 0.2) is 6.10 Å². The Balaban J connectivity index is 2.11. The number of halogens is 2. The van der Waals surface area contributed by atoms with E-state index < -0.39 is 6.10 Å². The van der Waals surface area contributed by atoms with Gasteiger partial charge in [-0.05, 0) is 31.2 Å². The van der Waals surface area contributed by atoms with Crippen LogP contribution in [0.25, 0.3) is 0 Å². The fourth-order valence-electron chi connectivity index (χ4n) is 2.21. The maximum atomic E-state index is 12.7. The smallest absolute Gasteiger partial charge is 0.263 e. The Morgan fingerprint density at radius 2 is 2.12 bits per heavy atom. The summed E-state index contributed by atoms with van der Waals surface area (Å²) in [5.74, 6) is 0.0880. The van der Waals surface area contributed by atoms with Crippen molar-refractivity contribution in [2.24, 2.45) is 0 Å². The van der Waals surface area contributed by atoms with Crippen molar-refractivity contribution in [3.05, 3.63) is 58.3 Å². The third kappa shape index (κ3) is 5.35. The zero-order chi connectivity index (χ0) is 18.2. The molecule has 1 aromatic carbocycles. The Morgan fingerprint density at radius 1 is 1.32 bits per heavy atom. The minimum atomic E-state index is -0.779. The highest BCUT2D eigenvalue weighted by Gasteiger charge is 2.23. The third-order valence-corrected chi connectivity index (χ3v) is 4.25. The molecule has 0 aliphatic rings. The van der Waals surface area contributed by atoms with E-state index in [0.717, 1.165) is 5.69 Å². The fraction of sp³-hybridized carbons (Fsp3) is 0.278. The van der Waals surface area contributed by atoms with E-state index in [0.29, 0.717) is 23.9 Å². The number of amides is 1. The number of nitrogens with zero attached hydrogens (tertiary/aromatic N) is 3. The molecule has 1 heterocycles. The highest BCUT2D eigenvalue weighted by atomic mass is 35.5. The number of carbonyl (C=O) groups excluding carboxylic acids is 1. The molecule has 1 aromatic heterocycles. The van der Waals surface area contributed by atoms with Gasteiger partial charge in [0, 0.05) is 12.7 Å². The van der Waals surface area contributed by atoms with Gasteiger partial charge in [0.05, 0.1) is 29.8 Å². The predicted octanol–water partition coefficient (Wildman–Crippen LogP) is 4.10. The van der Waals surface area contributed by atoms with E-state index >= 15 is 0 Å². The first kappa shape index (κ1) is 19.0. The monoisotopic (exact) mass is 377 g/mol. The lowest BCUT2D eigenvalue weighted by Crippen LogP contribution is -2.40. The lowest BCUT2D eigenvalue weighted by molar-refractivity contribution is -0.138. The molecule has 0 aliphatic carbocycles. The molecule has 0 saturated carbocycles. The van der Waals surface area contributed by atoms with Crippen molar-refractivity contribution in [1.82, 2.24) is 9.88 Å². The second-order valence-corrected chi connectivity index (χ2v) is 6.09. The first-order chi connectivity index (χ1) is 12.0. The third-order valence-electron chi connectivity index (χ3n) is 3.45. The summed E-state index contributed by atoms with van der Waals surface area (Å²) in [6, 6.07) is 12.5. The lowest BCUT2D eigenvalue weighted by atomic mass is 10.2. The van der Waals surface area contributed by atoms with E-state index in [9.17, 15) is 4.79 Å². The van der Waals surface area contributed by atoms with Crippen molar-refractivity contribution < 1.29 is 9.53 Å². The minimum Gasteiger partial charge on any atom is -0.479 e. The number of ether oxygens (including phenoxy) is 1. The summed E-state index contributed by atoms with van der Waals surface area (Å²) >= 11 is 12.1. The standard InChI is InChI=1S/C18H17Cl2N3O2/c1-13(25-16-8-4-7-15(19)17(16)20)18(24)23(11-5-9-21)12-14-6-2-3-10-22-14/h2-4,6-8,10,13H,5,11-12H2,1H3. The van der Waals surface area contributed by atoms with Gasteiger partial charge in [-0.1, -0.05) is 35.3 Å². The average molecular weight is 378 g/mol. The van der Waals surface area contributed by atoms with E-state index in [1.54, 1.807) is 42.3 Å². The van der Waals surface area contributed by atoms with Gasteiger partial charge in [-0.15, -0.1) is 0 Å². The summed E-state index contributed by atoms with van der Waals surface area (Å²) in [6.07, 6.45) is 1.11. The number of rotatable bonds is 7. The zero-order valence-corrected chi connectivity index (χ0v) is 15.2. The van der Waals surface area contributed by atoms with Crippen molar-refractivity contribution >= 4 is 29.1 Å². The second-order valence-electron chi connectivity index (χ2n) is 5.30. The summed E-state index contributed by atoms with van der Waals surface area (Å²) in [5, 5.41) is 9.45. The molecule has 130 valence electrons. The first-order valence-electron chi connectivity index (χ1n) is 7.69. The van der Waals surface area contributed by atoms with Crippen LogP contribution in [0.4, 0.5) is 0 Å². The Labute approximate surface area is 156 Å². The molecule has 1 amide bonds. The maximum absolute atomic E-state index is 12.7. The number of aromatic nitrogens is 1. The van der Waals surface area contributed by atoms with E-state index in [-0.39, 0.29) is 17.4 Å². The largest absolute Gasteiger partial charge is 0.479 e. The average Bonchev–Trinajstić information content (AvgIpc) is 2.62. The van der Waals surface area contributed by atoms with Crippen LogP contribution in [0, 0.1) is 11.3 Å². The molecule has 1 atom stereocenters. The summed E-state index contributed by atoms with van der Waals surface area (Å²) in [5.41, 5.74) is 0.738. The zero-order valence-electron chi connectivity index (χ0n) is 13.7. The van der Waals surface area contributed by atoms with Crippen LogP contribution in [0.2, 0.25) is 10.0 Å². The van der Waals surface area contributed by atoms with Crippen molar-refractivity contribution in [3.8, 4) is 11.8 Å². The van der Waals surface area contributed by atoms with E-state index in [1.807, 2.05) is 12.1 Å². The first-order valence-corrected chi connectivity index (χ1v) is 8.45. The van der Waals surface area contributed by atoms with Gasteiger partial charge in [0.25, 0.3) is 5.91 Å². The van der Waals surface area contributed by atoms with Crippen LogP contribution < -0.4 is 4.74 Å². The van der Waals surface area contributed by atoms with Crippen LogP contribution in [-0.2, 0) is 11.3 Å². The number of pyridine rings is 1. The molecular weight excluding hydrogens is 361 g/mol. The number of nitriles is 1. The van der Waals surface area contributed by atoms with Crippen LogP contribution in [0.3, 0.4) is 0 Å².